The molecule has 0 amide bonds. The highest BCUT2D eigenvalue weighted by Gasteiger charge is 2.17. The predicted octanol–water partition coefficient (Wildman–Crippen LogP) is 3.71. The first-order chi connectivity index (χ1) is 4.09. The minimum atomic E-state index is 0.529. The highest BCUT2D eigenvalue weighted by Crippen LogP contribution is 2.24. The molecule has 0 aliphatic carbocycles. The van der Waals surface area contributed by atoms with Gasteiger partial charge in [-0.15, -0.1) is 0 Å². The molecule has 0 aromatic rings. The van der Waals surface area contributed by atoms with E-state index in [-0.39, 0.29) is 0 Å². The van der Waals surface area contributed by atoms with E-state index in [4.69, 9.17) is 0 Å². The second-order valence-corrected chi connectivity index (χ2v) is 5.72. The lowest BCUT2D eigenvalue weighted by atomic mass is 10.2. The number of rotatable bonds is 3. The number of halogens is 3. The van der Waals surface area contributed by atoms with Crippen LogP contribution < -0.4 is 0 Å². The molecule has 0 aromatic heterocycles. The van der Waals surface area contributed by atoms with E-state index in [1.165, 1.54) is 0 Å². The maximum absolute atomic E-state index is 3.57. The van der Waals surface area contributed by atoms with Gasteiger partial charge in [-0.2, -0.15) is 0 Å². The highest BCUT2D eigenvalue weighted by atomic mass is 79.9. The molecule has 0 saturated heterocycles. The molecule has 3 heteroatoms. The van der Waals surface area contributed by atoms with E-state index in [1.54, 1.807) is 0 Å². The lowest BCUT2D eigenvalue weighted by molar-refractivity contribution is 0.775. The van der Waals surface area contributed by atoms with Crippen LogP contribution in [0.5, 0.6) is 0 Å². The predicted molar refractivity (Wildman–Crippen MR) is 54.1 cm³/mol. The van der Waals surface area contributed by atoms with Gasteiger partial charge in [-0.25, -0.2) is 0 Å². The average Bonchev–Trinajstić information content (AvgIpc) is 1.84. The fraction of sp³-hybridized carbons (Fsp3) is 1.00. The topological polar surface area (TPSA) is 0 Å². The molecule has 0 saturated carbocycles. The first kappa shape index (κ1) is 10.4. The van der Waals surface area contributed by atoms with E-state index < -0.39 is 0 Å². The molecular weight excluding hydrogens is 312 g/mol. The van der Waals surface area contributed by atoms with Crippen molar-refractivity contribution >= 4 is 47.8 Å². The molecule has 56 valence electrons. The van der Waals surface area contributed by atoms with Crippen molar-refractivity contribution in [1.29, 1.82) is 0 Å². The van der Waals surface area contributed by atoms with Crippen LogP contribution in [0.15, 0.2) is 0 Å². The molecule has 0 spiro atoms. The maximum Gasteiger partial charge on any atom is 0.0393 e. The van der Waals surface area contributed by atoms with Crippen LogP contribution in [0, 0.1) is 0 Å². The normalized spacial score (nSPS) is 21.0. The summed E-state index contributed by atoms with van der Waals surface area (Å²) in [6.07, 6.45) is 1.16. The summed E-state index contributed by atoms with van der Waals surface area (Å²) in [6, 6.07) is 0. The minimum absolute atomic E-state index is 0.529. The van der Waals surface area contributed by atoms with E-state index in [0.29, 0.717) is 14.5 Å². The zero-order valence-electron chi connectivity index (χ0n) is 5.57. The Kier molecular flexibility index (Phi) is 5.96. The third-order valence-electron chi connectivity index (χ3n) is 1.17. The fourth-order valence-corrected chi connectivity index (χ4v) is 2.12. The number of alkyl halides is 3. The second-order valence-electron chi connectivity index (χ2n) is 2.05. The summed E-state index contributed by atoms with van der Waals surface area (Å²) in [5.41, 5.74) is 0. The van der Waals surface area contributed by atoms with Gasteiger partial charge in [-0.05, 0) is 6.42 Å². The van der Waals surface area contributed by atoms with Crippen molar-refractivity contribution in [3.63, 3.8) is 0 Å². The summed E-state index contributed by atoms with van der Waals surface area (Å²) >= 11 is 10.6. The SMILES string of the molecule is CCC(Br)C(Br)C(C)Br. The smallest absolute Gasteiger partial charge is 0.0393 e. The van der Waals surface area contributed by atoms with Gasteiger partial charge >= 0.3 is 0 Å². The molecule has 0 aliphatic heterocycles. The van der Waals surface area contributed by atoms with Gasteiger partial charge in [-0.3, -0.25) is 0 Å². The van der Waals surface area contributed by atoms with E-state index in [1.807, 2.05) is 0 Å². The van der Waals surface area contributed by atoms with E-state index in [2.05, 4.69) is 61.6 Å². The molecule has 9 heavy (non-hydrogen) atoms. The lowest BCUT2D eigenvalue weighted by Crippen LogP contribution is -2.20. The zero-order valence-corrected chi connectivity index (χ0v) is 10.3. The van der Waals surface area contributed by atoms with Gasteiger partial charge < -0.3 is 0 Å². The second kappa shape index (κ2) is 5.14. The van der Waals surface area contributed by atoms with Crippen LogP contribution in [-0.2, 0) is 0 Å². The Balaban J connectivity index is 3.58. The molecule has 0 radical (unpaired) electrons. The molecule has 3 atom stereocenters. The monoisotopic (exact) mass is 320 g/mol. The van der Waals surface area contributed by atoms with Crippen molar-refractivity contribution in [3.8, 4) is 0 Å². The van der Waals surface area contributed by atoms with Crippen molar-refractivity contribution in [2.75, 3.05) is 0 Å². The summed E-state index contributed by atoms with van der Waals surface area (Å²) in [4.78, 5) is 1.64. The maximum atomic E-state index is 3.57. The van der Waals surface area contributed by atoms with Crippen LogP contribution in [0.2, 0.25) is 0 Å². The summed E-state index contributed by atoms with van der Waals surface area (Å²) in [7, 11) is 0. The Morgan fingerprint density at radius 1 is 1.22 bits per heavy atom. The molecule has 0 aliphatic rings. The third-order valence-corrected chi connectivity index (χ3v) is 5.81. The molecular formula is C6H11Br3. The molecule has 0 rings (SSSR count). The van der Waals surface area contributed by atoms with Crippen LogP contribution >= 0.6 is 47.8 Å². The third kappa shape index (κ3) is 3.99. The lowest BCUT2D eigenvalue weighted by Gasteiger charge is -2.16. The van der Waals surface area contributed by atoms with E-state index in [0.717, 1.165) is 6.42 Å². The van der Waals surface area contributed by atoms with Crippen LogP contribution in [0.1, 0.15) is 20.3 Å². The van der Waals surface area contributed by atoms with Crippen molar-refractivity contribution in [1.82, 2.24) is 0 Å². The Hall–Kier alpha value is 1.44. The number of hydrogen-bond donors (Lipinski definition) is 0. The summed E-state index contributed by atoms with van der Waals surface area (Å²) in [5.74, 6) is 0. The standard InChI is InChI=1S/C6H11Br3/c1-3-5(8)6(9)4(2)7/h4-6H,3H2,1-2H3. The first-order valence-electron chi connectivity index (χ1n) is 3.01. The molecule has 0 bridgehead atoms. The summed E-state index contributed by atoms with van der Waals surface area (Å²) in [5, 5.41) is 0. The van der Waals surface area contributed by atoms with Gasteiger partial charge in [0, 0.05) is 14.5 Å². The van der Waals surface area contributed by atoms with Crippen LogP contribution in [-0.4, -0.2) is 14.5 Å². The van der Waals surface area contributed by atoms with Gasteiger partial charge in [0.1, 0.15) is 0 Å². The number of hydrogen-bond acceptors (Lipinski definition) is 0. The molecule has 0 aromatic carbocycles. The van der Waals surface area contributed by atoms with Gasteiger partial charge in [0.15, 0.2) is 0 Å². The fourth-order valence-electron chi connectivity index (χ4n) is 0.513. The Labute approximate surface area is 82.2 Å². The average molecular weight is 323 g/mol. The summed E-state index contributed by atoms with van der Waals surface area (Å²) < 4.78 is 0. The Morgan fingerprint density at radius 3 is 1.78 bits per heavy atom. The van der Waals surface area contributed by atoms with Crippen molar-refractivity contribution in [3.05, 3.63) is 0 Å². The van der Waals surface area contributed by atoms with Crippen LogP contribution in [0.4, 0.5) is 0 Å². The Morgan fingerprint density at radius 2 is 1.67 bits per heavy atom. The van der Waals surface area contributed by atoms with Gasteiger partial charge in [0.2, 0.25) is 0 Å². The first-order valence-corrected chi connectivity index (χ1v) is 5.76. The molecule has 0 N–H and O–H groups in total. The van der Waals surface area contributed by atoms with E-state index >= 15 is 0 Å². The largest absolute Gasteiger partial charge is 0.0881 e. The minimum Gasteiger partial charge on any atom is -0.0881 e. The van der Waals surface area contributed by atoms with Crippen molar-refractivity contribution in [2.24, 2.45) is 0 Å². The van der Waals surface area contributed by atoms with Crippen LogP contribution in [0.25, 0.3) is 0 Å². The van der Waals surface area contributed by atoms with Gasteiger partial charge in [0.05, 0.1) is 0 Å². The molecule has 0 fully saturated rings. The molecule has 0 nitrogen and oxygen atoms in total. The van der Waals surface area contributed by atoms with E-state index in [9.17, 15) is 0 Å². The summed E-state index contributed by atoms with van der Waals surface area (Å²) in [6.45, 7) is 4.31. The Bertz CT molecular complexity index is 72.7. The molecule has 3 unspecified atom stereocenters. The van der Waals surface area contributed by atoms with Gasteiger partial charge in [-0.1, -0.05) is 61.6 Å². The molecule has 0 heterocycles. The zero-order chi connectivity index (χ0) is 7.44. The highest BCUT2D eigenvalue weighted by molar-refractivity contribution is 9.13. The van der Waals surface area contributed by atoms with Crippen molar-refractivity contribution in [2.45, 2.75) is 34.7 Å². The van der Waals surface area contributed by atoms with Crippen LogP contribution in [0.3, 0.4) is 0 Å². The van der Waals surface area contributed by atoms with Crippen molar-refractivity contribution < 1.29 is 0 Å². The van der Waals surface area contributed by atoms with Gasteiger partial charge in [0.25, 0.3) is 0 Å². The quantitative estimate of drug-likeness (QED) is 0.695.